The van der Waals surface area contributed by atoms with Crippen molar-refractivity contribution in [2.45, 2.75) is 18.8 Å². The summed E-state index contributed by atoms with van der Waals surface area (Å²) in [5.41, 5.74) is 7.51. The van der Waals surface area contributed by atoms with Crippen LogP contribution in [0.15, 0.2) is 24.3 Å². The van der Waals surface area contributed by atoms with E-state index < -0.39 is 9.84 Å². The third kappa shape index (κ3) is 3.64. The third-order valence-corrected chi connectivity index (χ3v) is 6.71. The van der Waals surface area contributed by atoms with Crippen molar-refractivity contribution in [1.82, 2.24) is 4.90 Å². The molecule has 1 unspecified atom stereocenters. The highest BCUT2D eigenvalue weighted by atomic mass is 32.2. The Balaban J connectivity index is 2.14. The van der Waals surface area contributed by atoms with E-state index in [9.17, 15) is 8.42 Å². The number of benzene rings is 1. The zero-order valence-corrected chi connectivity index (χ0v) is 12.7. The first-order valence-electron chi connectivity index (χ1n) is 6.40. The minimum absolute atomic E-state index is 0.205. The van der Waals surface area contributed by atoms with E-state index in [4.69, 9.17) is 5.73 Å². The Morgan fingerprint density at radius 1 is 1.37 bits per heavy atom. The van der Waals surface area contributed by atoms with Crippen LogP contribution in [0, 0.1) is 0 Å². The van der Waals surface area contributed by atoms with E-state index in [1.807, 2.05) is 24.3 Å². The van der Waals surface area contributed by atoms with Crippen LogP contribution in [0.2, 0.25) is 0 Å². The highest BCUT2D eigenvalue weighted by molar-refractivity contribution is 8.01. The molecule has 1 fully saturated rings. The Hall–Kier alpha value is -0.720. The molecule has 1 aromatic carbocycles. The molecule has 0 spiro atoms. The number of hydrogen-bond donors (Lipinski definition) is 1. The number of nitrogen functional groups attached to an aromatic ring is 1. The lowest BCUT2D eigenvalue weighted by Gasteiger charge is -2.34. The summed E-state index contributed by atoms with van der Waals surface area (Å²) in [5, 5.41) is -0.353. The maximum Gasteiger partial charge on any atom is 0.166 e. The molecule has 1 heterocycles. The highest BCUT2D eigenvalue weighted by Gasteiger charge is 2.32. The summed E-state index contributed by atoms with van der Waals surface area (Å²) in [4.78, 5) is 2.07. The van der Waals surface area contributed by atoms with Gasteiger partial charge in [0.25, 0.3) is 0 Å². The number of sulfone groups is 1. The van der Waals surface area contributed by atoms with Gasteiger partial charge in [0.05, 0.1) is 0 Å². The largest absolute Gasteiger partial charge is 0.399 e. The number of nitrogens with zero attached hydrogens (tertiary/aromatic N) is 1. The molecular formula is C13H20N2O2S2. The molecule has 1 aliphatic heterocycles. The van der Waals surface area contributed by atoms with Gasteiger partial charge in [0.2, 0.25) is 0 Å². The first kappa shape index (κ1) is 14.7. The predicted octanol–water partition coefficient (Wildman–Crippen LogP) is 1.58. The molecule has 2 N–H and O–H groups in total. The van der Waals surface area contributed by atoms with E-state index in [0.717, 1.165) is 23.5 Å². The minimum Gasteiger partial charge on any atom is -0.399 e. The molecule has 6 heteroatoms. The summed E-state index contributed by atoms with van der Waals surface area (Å²) in [7, 11) is -3.02. The fraction of sp³-hybridized carbons (Fsp3) is 0.538. The van der Waals surface area contributed by atoms with Gasteiger partial charge >= 0.3 is 0 Å². The van der Waals surface area contributed by atoms with Crippen molar-refractivity contribution in [1.29, 1.82) is 0 Å². The van der Waals surface area contributed by atoms with Crippen molar-refractivity contribution >= 4 is 27.3 Å². The van der Waals surface area contributed by atoms with Crippen LogP contribution in [-0.4, -0.2) is 42.5 Å². The summed E-state index contributed by atoms with van der Waals surface area (Å²) >= 11 is 1.72. The molecule has 0 saturated carbocycles. The van der Waals surface area contributed by atoms with E-state index in [1.54, 1.807) is 18.7 Å². The number of nitrogens with two attached hydrogens (primary N) is 1. The van der Waals surface area contributed by atoms with Crippen molar-refractivity contribution < 1.29 is 8.42 Å². The molecule has 1 aliphatic rings. The first-order valence-corrected chi connectivity index (χ1v) is 9.27. The van der Waals surface area contributed by atoms with Gasteiger partial charge in [-0.2, -0.15) is 11.8 Å². The molecular weight excluding hydrogens is 280 g/mol. The fourth-order valence-electron chi connectivity index (χ4n) is 2.18. The van der Waals surface area contributed by atoms with Crippen molar-refractivity contribution in [2.24, 2.45) is 0 Å². The van der Waals surface area contributed by atoms with Gasteiger partial charge < -0.3 is 5.73 Å². The summed E-state index contributed by atoms with van der Waals surface area (Å²) in [6, 6.07) is 7.65. The quantitative estimate of drug-likeness (QED) is 0.855. The Morgan fingerprint density at radius 2 is 2.05 bits per heavy atom. The molecule has 0 amide bonds. The second kappa shape index (κ2) is 6.15. The maximum absolute atomic E-state index is 12.1. The summed E-state index contributed by atoms with van der Waals surface area (Å²) < 4.78 is 24.3. The number of hydrogen-bond acceptors (Lipinski definition) is 5. The van der Waals surface area contributed by atoms with Crippen LogP contribution in [0.3, 0.4) is 0 Å². The number of anilines is 1. The molecule has 0 aromatic heterocycles. The van der Waals surface area contributed by atoms with Crippen LogP contribution in [0.1, 0.15) is 12.5 Å². The van der Waals surface area contributed by atoms with E-state index in [2.05, 4.69) is 4.90 Å². The van der Waals surface area contributed by atoms with E-state index in [1.165, 1.54) is 0 Å². The van der Waals surface area contributed by atoms with Gasteiger partial charge in [0.15, 0.2) is 9.84 Å². The lowest BCUT2D eigenvalue weighted by atomic mass is 10.2. The molecule has 19 heavy (non-hydrogen) atoms. The molecule has 0 bridgehead atoms. The van der Waals surface area contributed by atoms with Crippen molar-refractivity contribution in [3.05, 3.63) is 29.8 Å². The number of rotatable bonds is 4. The second-order valence-corrected chi connectivity index (χ2v) is 8.29. The monoisotopic (exact) mass is 300 g/mol. The molecule has 2 rings (SSSR count). The van der Waals surface area contributed by atoms with Gasteiger partial charge in [-0.1, -0.05) is 19.1 Å². The number of thioether (sulfide) groups is 1. The van der Waals surface area contributed by atoms with Crippen molar-refractivity contribution in [3.8, 4) is 0 Å². The van der Waals surface area contributed by atoms with E-state index in [-0.39, 0.29) is 11.1 Å². The topological polar surface area (TPSA) is 63.4 Å². The average molecular weight is 300 g/mol. The minimum atomic E-state index is -3.02. The normalized spacial score (nSPS) is 21.4. The van der Waals surface area contributed by atoms with Crippen LogP contribution >= 0.6 is 11.8 Å². The van der Waals surface area contributed by atoms with Gasteiger partial charge in [-0.15, -0.1) is 0 Å². The Kier molecular flexibility index (Phi) is 4.76. The van der Waals surface area contributed by atoms with Gasteiger partial charge in [-0.05, 0) is 17.7 Å². The smallest absolute Gasteiger partial charge is 0.166 e. The standard InChI is InChI=1S/C13H20N2O2S2/c1-2-19(16,17)13-10-18-8-7-15(13)9-11-3-5-12(14)6-4-11/h3-6,13H,2,7-10,14H2,1H3. The molecule has 4 nitrogen and oxygen atoms in total. The van der Waals surface area contributed by atoms with Gasteiger partial charge in [-0.3, -0.25) is 4.90 Å². The SMILES string of the molecule is CCS(=O)(=O)C1CSCCN1Cc1ccc(N)cc1. The zero-order valence-electron chi connectivity index (χ0n) is 11.1. The van der Waals surface area contributed by atoms with E-state index >= 15 is 0 Å². The molecule has 1 atom stereocenters. The van der Waals surface area contributed by atoms with Crippen LogP contribution < -0.4 is 5.73 Å². The lowest BCUT2D eigenvalue weighted by Crippen LogP contribution is -2.47. The van der Waals surface area contributed by atoms with Crippen LogP contribution in [0.4, 0.5) is 5.69 Å². The van der Waals surface area contributed by atoms with Gasteiger partial charge in [-0.25, -0.2) is 8.42 Å². The Bertz CT molecular complexity index is 514. The Labute approximate surface area is 119 Å². The summed E-state index contributed by atoms with van der Waals surface area (Å²) in [5.74, 6) is 1.87. The van der Waals surface area contributed by atoms with Gasteiger partial charge in [0, 0.05) is 36.0 Å². The molecule has 106 valence electrons. The second-order valence-electron chi connectivity index (χ2n) is 4.69. The summed E-state index contributed by atoms with van der Waals surface area (Å²) in [6.07, 6.45) is 0. The van der Waals surface area contributed by atoms with Crippen molar-refractivity contribution in [2.75, 3.05) is 29.5 Å². The molecule has 1 aromatic rings. The summed E-state index contributed by atoms with van der Waals surface area (Å²) in [6.45, 7) is 3.21. The van der Waals surface area contributed by atoms with Crippen LogP contribution in [-0.2, 0) is 16.4 Å². The fourth-order valence-corrected chi connectivity index (χ4v) is 5.26. The van der Waals surface area contributed by atoms with Gasteiger partial charge in [0.1, 0.15) is 5.37 Å². The average Bonchev–Trinajstić information content (AvgIpc) is 2.42. The zero-order chi connectivity index (χ0) is 13.9. The first-order chi connectivity index (χ1) is 9.03. The highest BCUT2D eigenvalue weighted by Crippen LogP contribution is 2.23. The maximum atomic E-state index is 12.1. The van der Waals surface area contributed by atoms with Crippen LogP contribution in [0.25, 0.3) is 0 Å². The molecule has 0 radical (unpaired) electrons. The van der Waals surface area contributed by atoms with Crippen LogP contribution in [0.5, 0.6) is 0 Å². The predicted molar refractivity (Wildman–Crippen MR) is 81.8 cm³/mol. The molecule has 1 saturated heterocycles. The third-order valence-electron chi connectivity index (χ3n) is 3.37. The Morgan fingerprint density at radius 3 is 2.68 bits per heavy atom. The molecule has 0 aliphatic carbocycles. The van der Waals surface area contributed by atoms with E-state index in [0.29, 0.717) is 12.3 Å². The van der Waals surface area contributed by atoms with Crippen molar-refractivity contribution in [3.63, 3.8) is 0 Å². The lowest BCUT2D eigenvalue weighted by molar-refractivity contribution is 0.262.